The van der Waals surface area contributed by atoms with Crippen LogP contribution >= 0.6 is 7.82 Å². The maximum Gasteiger partial charge on any atom is 0.472 e. The SMILES string of the molecule is CC/C=C\CC(=O)OC[C@H](COP(=O)(O)OCC[N+](C)(C)C)OC(=O)C/C=C\CC. The molecular weight excluding hydrogens is 413 g/mol. The number of hydrogen-bond donors (Lipinski definition) is 1. The smallest absolute Gasteiger partial charge is 0.461 e. The quantitative estimate of drug-likeness (QED) is 0.165. The lowest BCUT2D eigenvalue weighted by atomic mass is 10.3. The lowest BCUT2D eigenvalue weighted by Crippen LogP contribution is -2.37. The Hall–Kier alpha value is -1.51. The number of carbonyl (C=O) groups is 2. The van der Waals surface area contributed by atoms with Crippen molar-refractivity contribution in [2.24, 2.45) is 0 Å². The molecule has 0 aliphatic heterocycles. The van der Waals surface area contributed by atoms with Crippen molar-refractivity contribution in [3.8, 4) is 0 Å². The Bertz CT molecular complexity index is 612. The van der Waals surface area contributed by atoms with Crippen molar-refractivity contribution in [2.45, 2.75) is 45.6 Å². The number of phosphoric acid groups is 1. The molecule has 0 saturated heterocycles. The lowest BCUT2D eigenvalue weighted by Gasteiger charge is -2.24. The summed E-state index contributed by atoms with van der Waals surface area (Å²) in [6.07, 6.45) is 7.65. The van der Waals surface area contributed by atoms with Crippen LogP contribution in [-0.2, 0) is 32.7 Å². The van der Waals surface area contributed by atoms with Crippen molar-refractivity contribution in [3.63, 3.8) is 0 Å². The first-order valence-corrected chi connectivity index (χ1v) is 11.6. The average molecular weight is 450 g/mol. The minimum Gasteiger partial charge on any atom is -0.461 e. The molecular formula is C20H37NO8P+. The Morgan fingerprint density at radius 2 is 1.50 bits per heavy atom. The maximum atomic E-state index is 12.0. The van der Waals surface area contributed by atoms with Gasteiger partial charge >= 0.3 is 19.8 Å². The van der Waals surface area contributed by atoms with E-state index in [1.54, 1.807) is 12.2 Å². The Balaban J connectivity index is 4.74. The molecule has 9 nitrogen and oxygen atoms in total. The molecule has 1 unspecified atom stereocenters. The fraction of sp³-hybridized carbons (Fsp3) is 0.700. The number of ether oxygens (including phenoxy) is 2. The van der Waals surface area contributed by atoms with Gasteiger partial charge in [0.25, 0.3) is 0 Å². The summed E-state index contributed by atoms with van der Waals surface area (Å²) in [6, 6.07) is 0. The van der Waals surface area contributed by atoms with Crippen LogP contribution in [0.25, 0.3) is 0 Å². The average Bonchev–Trinajstić information content (AvgIpc) is 2.63. The molecule has 0 aromatic heterocycles. The second-order valence-corrected chi connectivity index (χ2v) is 9.03. The molecule has 0 saturated carbocycles. The number of esters is 2. The van der Waals surface area contributed by atoms with Crippen LogP contribution in [0.4, 0.5) is 0 Å². The molecule has 0 aliphatic rings. The molecule has 0 aliphatic carbocycles. The van der Waals surface area contributed by atoms with Crippen LogP contribution in [0.1, 0.15) is 39.5 Å². The van der Waals surface area contributed by atoms with E-state index in [0.29, 0.717) is 11.0 Å². The summed E-state index contributed by atoms with van der Waals surface area (Å²) in [5.74, 6) is -1.06. The summed E-state index contributed by atoms with van der Waals surface area (Å²) < 4.78 is 32.8. The van der Waals surface area contributed by atoms with Crippen LogP contribution in [0, 0.1) is 0 Å². The summed E-state index contributed by atoms with van der Waals surface area (Å²) in [5.41, 5.74) is 0. The Morgan fingerprint density at radius 3 is 2.03 bits per heavy atom. The largest absolute Gasteiger partial charge is 0.472 e. The van der Waals surface area contributed by atoms with E-state index in [9.17, 15) is 19.0 Å². The number of nitrogens with zero attached hydrogens (tertiary/aromatic N) is 1. The molecule has 0 heterocycles. The number of quaternary nitrogens is 1. The molecule has 0 spiro atoms. The Labute approximate surface area is 179 Å². The zero-order valence-electron chi connectivity index (χ0n) is 18.7. The number of rotatable bonds is 16. The first-order valence-electron chi connectivity index (χ1n) is 10.1. The molecule has 0 fully saturated rings. The molecule has 0 aromatic rings. The first-order chi connectivity index (χ1) is 14.0. The van der Waals surface area contributed by atoms with E-state index < -0.39 is 32.5 Å². The second-order valence-electron chi connectivity index (χ2n) is 7.57. The summed E-state index contributed by atoms with van der Waals surface area (Å²) in [6.45, 7) is 3.65. The van der Waals surface area contributed by atoms with Crippen molar-refractivity contribution < 1.29 is 42.1 Å². The molecule has 30 heavy (non-hydrogen) atoms. The number of likely N-dealkylation sites (N-methyl/N-ethyl adjacent to an activating group) is 1. The van der Waals surface area contributed by atoms with E-state index in [1.165, 1.54) is 0 Å². The van der Waals surface area contributed by atoms with Gasteiger partial charge in [-0.15, -0.1) is 0 Å². The zero-order chi connectivity index (χ0) is 23.0. The maximum absolute atomic E-state index is 12.0. The van der Waals surface area contributed by atoms with E-state index in [4.69, 9.17) is 18.5 Å². The number of hydrogen-bond acceptors (Lipinski definition) is 7. The molecule has 2 atom stereocenters. The van der Waals surface area contributed by atoms with Gasteiger partial charge in [-0.25, -0.2) is 4.57 Å². The molecule has 174 valence electrons. The number of phosphoric ester groups is 1. The predicted octanol–water partition coefficient (Wildman–Crippen LogP) is 2.99. The van der Waals surface area contributed by atoms with Gasteiger partial charge in [-0.2, -0.15) is 0 Å². The standard InChI is InChI=1S/C20H36NO8P/c1-6-8-10-12-19(22)26-16-18(29-20(23)13-11-9-7-2)17-28-30(24,25)27-15-14-21(3,4)5/h8-11,18H,6-7,12-17H2,1-5H3/p+1/b10-8-,11-9-/t18-/m1/s1. The van der Waals surface area contributed by atoms with Gasteiger partial charge in [0.1, 0.15) is 19.8 Å². The monoisotopic (exact) mass is 450 g/mol. The number of carbonyl (C=O) groups excluding carboxylic acids is 2. The third-order valence-electron chi connectivity index (χ3n) is 3.54. The van der Waals surface area contributed by atoms with Crippen LogP contribution in [-0.4, -0.2) is 74.9 Å². The molecule has 0 rings (SSSR count). The van der Waals surface area contributed by atoms with Gasteiger partial charge in [-0.05, 0) is 12.8 Å². The molecule has 10 heteroatoms. The highest BCUT2D eigenvalue weighted by atomic mass is 31.2. The molecule has 0 bridgehead atoms. The van der Waals surface area contributed by atoms with Gasteiger partial charge in [0.15, 0.2) is 6.10 Å². The third-order valence-corrected chi connectivity index (χ3v) is 4.53. The van der Waals surface area contributed by atoms with E-state index in [-0.39, 0.29) is 26.1 Å². The summed E-state index contributed by atoms with van der Waals surface area (Å²) in [5, 5.41) is 0. The highest BCUT2D eigenvalue weighted by Gasteiger charge is 2.26. The van der Waals surface area contributed by atoms with Crippen molar-refractivity contribution >= 4 is 19.8 Å². The van der Waals surface area contributed by atoms with Gasteiger partial charge < -0.3 is 18.9 Å². The van der Waals surface area contributed by atoms with Crippen molar-refractivity contribution in [2.75, 3.05) is 47.5 Å². The fourth-order valence-electron chi connectivity index (χ4n) is 1.93. The van der Waals surface area contributed by atoms with Crippen molar-refractivity contribution in [1.82, 2.24) is 0 Å². The van der Waals surface area contributed by atoms with E-state index in [2.05, 4.69) is 0 Å². The minimum absolute atomic E-state index is 0.0162. The fourth-order valence-corrected chi connectivity index (χ4v) is 2.67. The lowest BCUT2D eigenvalue weighted by molar-refractivity contribution is -0.870. The first kappa shape index (κ1) is 28.5. The predicted molar refractivity (Wildman–Crippen MR) is 114 cm³/mol. The van der Waals surface area contributed by atoms with Crippen LogP contribution < -0.4 is 0 Å². The van der Waals surface area contributed by atoms with Gasteiger partial charge in [0.2, 0.25) is 0 Å². The van der Waals surface area contributed by atoms with Crippen LogP contribution in [0.3, 0.4) is 0 Å². The molecule has 0 aromatic carbocycles. The Kier molecular flexibility index (Phi) is 14.5. The second kappa shape index (κ2) is 15.3. The minimum atomic E-state index is -4.34. The third kappa shape index (κ3) is 17.4. The van der Waals surface area contributed by atoms with E-state index in [0.717, 1.165) is 12.8 Å². The summed E-state index contributed by atoms with van der Waals surface area (Å²) >= 11 is 0. The number of allylic oxidation sites excluding steroid dienone is 2. The normalized spacial score (nSPS) is 15.3. The summed E-state index contributed by atoms with van der Waals surface area (Å²) in [7, 11) is 1.41. The van der Waals surface area contributed by atoms with E-state index in [1.807, 2.05) is 47.1 Å². The van der Waals surface area contributed by atoms with Gasteiger partial charge in [0, 0.05) is 0 Å². The van der Waals surface area contributed by atoms with Crippen LogP contribution in [0.15, 0.2) is 24.3 Å². The molecule has 0 amide bonds. The van der Waals surface area contributed by atoms with Gasteiger partial charge in [-0.3, -0.25) is 18.6 Å². The topological polar surface area (TPSA) is 108 Å². The zero-order valence-corrected chi connectivity index (χ0v) is 19.6. The van der Waals surface area contributed by atoms with Crippen LogP contribution in [0.5, 0.6) is 0 Å². The van der Waals surface area contributed by atoms with E-state index >= 15 is 0 Å². The van der Waals surface area contributed by atoms with Gasteiger partial charge in [0.05, 0.1) is 40.6 Å². The van der Waals surface area contributed by atoms with Gasteiger partial charge in [-0.1, -0.05) is 38.2 Å². The highest BCUT2D eigenvalue weighted by Crippen LogP contribution is 2.43. The van der Waals surface area contributed by atoms with Crippen LogP contribution in [0.2, 0.25) is 0 Å². The van der Waals surface area contributed by atoms with Crippen molar-refractivity contribution in [1.29, 1.82) is 0 Å². The Morgan fingerprint density at radius 1 is 0.933 bits per heavy atom. The van der Waals surface area contributed by atoms with Crippen molar-refractivity contribution in [3.05, 3.63) is 24.3 Å². The molecule has 1 N–H and O–H groups in total. The molecule has 0 radical (unpaired) electrons. The highest BCUT2D eigenvalue weighted by molar-refractivity contribution is 7.47. The summed E-state index contributed by atoms with van der Waals surface area (Å²) in [4.78, 5) is 33.5.